The maximum Gasteiger partial charge on any atom is 0.278 e. The van der Waals surface area contributed by atoms with Crippen LogP contribution >= 0.6 is 24.2 Å². The van der Waals surface area contributed by atoms with E-state index in [1.165, 1.54) is 12.1 Å². The summed E-state index contributed by atoms with van der Waals surface area (Å²) in [4.78, 5) is 24.4. The van der Waals surface area contributed by atoms with Gasteiger partial charge in [0.2, 0.25) is 5.88 Å². The number of hydrogen-bond donors (Lipinski definition) is 2. The number of fused-ring (bicyclic) bond motifs is 1. The van der Waals surface area contributed by atoms with Gasteiger partial charge in [-0.15, -0.1) is 12.4 Å². The Hall–Kier alpha value is -2.64. The minimum Gasteiger partial charge on any atom is -0.470 e. The van der Waals surface area contributed by atoms with Crippen LogP contribution in [-0.4, -0.2) is 58.2 Å². The number of aliphatic imine (C=N–C) groups is 1. The fraction of sp³-hybridized carbons (Fsp3) is 0.400. The number of hydrogen-bond acceptors (Lipinski definition) is 8. The van der Waals surface area contributed by atoms with E-state index in [9.17, 15) is 18.0 Å². The standard InChI is InChI=1S/C20H19F4N5O3S.ClH/c1-18(22,23)7-32-15-6-26-14(5-27-15)16(30)28-11-2-3-13(21)12(4-11)20-9-31-8-19(20,24)10-33-17(25)29-20;/h2-6H,7-10H2,1H3,(H2,25,29)(H,28,30);1H. The summed E-state index contributed by atoms with van der Waals surface area (Å²) in [7, 11) is 0. The molecular formula is C20H20ClF4N5O3S. The van der Waals surface area contributed by atoms with E-state index in [4.69, 9.17) is 15.2 Å². The number of aromatic nitrogens is 2. The maximum absolute atomic E-state index is 15.6. The maximum atomic E-state index is 15.6. The molecule has 3 heterocycles. The molecule has 1 fully saturated rings. The van der Waals surface area contributed by atoms with E-state index < -0.39 is 35.5 Å². The Balaban J connectivity index is 0.00000324. The van der Waals surface area contributed by atoms with E-state index in [0.717, 1.165) is 30.2 Å². The van der Waals surface area contributed by atoms with Crippen LogP contribution < -0.4 is 15.8 Å². The lowest BCUT2D eigenvalue weighted by molar-refractivity contribution is -0.0243. The molecule has 1 aromatic carbocycles. The summed E-state index contributed by atoms with van der Waals surface area (Å²) >= 11 is 1.02. The Labute approximate surface area is 202 Å². The van der Waals surface area contributed by atoms with Crippen LogP contribution in [0.15, 0.2) is 35.6 Å². The van der Waals surface area contributed by atoms with Crippen molar-refractivity contribution in [1.82, 2.24) is 9.97 Å². The first-order valence-corrected chi connectivity index (χ1v) is 10.7. The summed E-state index contributed by atoms with van der Waals surface area (Å²) in [5.41, 5.74) is 2.07. The smallest absolute Gasteiger partial charge is 0.278 e. The quantitative estimate of drug-likeness (QED) is 0.561. The second-order valence-electron chi connectivity index (χ2n) is 7.80. The number of carbonyl (C=O) groups is 1. The van der Waals surface area contributed by atoms with Crippen molar-refractivity contribution in [2.24, 2.45) is 10.7 Å². The van der Waals surface area contributed by atoms with Crippen LogP contribution in [0.25, 0.3) is 0 Å². The number of carbonyl (C=O) groups excluding carboxylic acids is 1. The highest BCUT2D eigenvalue weighted by molar-refractivity contribution is 8.13. The summed E-state index contributed by atoms with van der Waals surface area (Å²) < 4.78 is 66.3. The lowest BCUT2D eigenvalue weighted by atomic mass is 9.79. The van der Waals surface area contributed by atoms with Crippen LogP contribution in [0.1, 0.15) is 23.0 Å². The fourth-order valence-electron chi connectivity index (χ4n) is 3.51. The zero-order chi connectivity index (χ0) is 23.9. The van der Waals surface area contributed by atoms with Gasteiger partial charge in [-0.1, -0.05) is 11.8 Å². The number of benzene rings is 1. The molecule has 2 aliphatic rings. The molecule has 2 atom stereocenters. The molecular weight excluding hydrogens is 502 g/mol. The molecule has 0 saturated carbocycles. The van der Waals surface area contributed by atoms with Crippen LogP contribution in [0.4, 0.5) is 23.2 Å². The molecule has 34 heavy (non-hydrogen) atoms. The second kappa shape index (κ2) is 9.55. The molecule has 1 aromatic heterocycles. The Morgan fingerprint density at radius 2 is 2.09 bits per heavy atom. The van der Waals surface area contributed by atoms with Crippen LogP contribution in [0.2, 0.25) is 0 Å². The molecule has 2 aromatic rings. The van der Waals surface area contributed by atoms with Gasteiger partial charge in [0.05, 0.1) is 25.6 Å². The topological polar surface area (TPSA) is 112 Å². The number of anilines is 1. The third-order valence-corrected chi connectivity index (χ3v) is 6.13. The first-order valence-electron chi connectivity index (χ1n) is 9.70. The molecule has 1 saturated heterocycles. The average molecular weight is 522 g/mol. The third-order valence-electron chi connectivity index (χ3n) is 5.14. The molecule has 184 valence electrons. The van der Waals surface area contributed by atoms with Crippen LogP contribution in [0.5, 0.6) is 5.88 Å². The van der Waals surface area contributed by atoms with E-state index >= 15 is 4.39 Å². The summed E-state index contributed by atoms with van der Waals surface area (Å²) in [6.07, 6.45) is 2.07. The zero-order valence-corrected chi connectivity index (χ0v) is 19.3. The number of rotatable bonds is 6. The molecule has 8 nitrogen and oxygen atoms in total. The van der Waals surface area contributed by atoms with Gasteiger partial charge in [-0.25, -0.2) is 32.5 Å². The van der Waals surface area contributed by atoms with Crippen molar-refractivity contribution >= 4 is 40.9 Å². The van der Waals surface area contributed by atoms with Crippen molar-refractivity contribution < 1.29 is 31.8 Å². The first kappa shape index (κ1) is 26.0. The Morgan fingerprint density at radius 1 is 1.32 bits per heavy atom. The van der Waals surface area contributed by atoms with Gasteiger partial charge in [0.25, 0.3) is 11.8 Å². The highest BCUT2D eigenvalue weighted by Crippen LogP contribution is 2.50. The fourth-order valence-corrected chi connectivity index (χ4v) is 4.43. The summed E-state index contributed by atoms with van der Waals surface area (Å²) in [6, 6.07) is 3.65. The molecule has 4 rings (SSSR count). The second-order valence-corrected chi connectivity index (χ2v) is 8.80. The van der Waals surface area contributed by atoms with Gasteiger partial charge >= 0.3 is 0 Å². The third kappa shape index (κ3) is 5.05. The van der Waals surface area contributed by atoms with Gasteiger partial charge in [-0.2, -0.15) is 0 Å². The minimum atomic E-state index is -3.05. The summed E-state index contributed by atoms with van der Waals surface area (Å²) in [6.45, 7) is -0.669. The van der Waals surface area contributed by atoms with Crippen molar-refractivity contribution in [3.8, 4) is 5.88 Å². The van der Waals surface area contributed by atoms with Crippen molar-refractivity contribution in [2.75, 3.05) is 30.9 Å². The monoisotopic (exact) mass is 521 g/mol. The van der Waals surface area contributed by atoms with Crippen molar-refractivity contribution in [2.45, 2.75) is 24.1 Å². The summed E-state index contributed by atoms with van der Waals surface area (Å²) in [5, 5.41) is 2.64. The minimum absolute atomic E-state index is 0. The number of amidine groups is 1. The number of thioether (sulfide) groups is 1. The van der Waals surface area contributed by atoms with Crippen LogP contribution in [-0.2, 0) is 10.3 Å². The van der Waals surface area contributed by atoms with Gasteiger partial charge in [0.15, 0.2) is 23.0 Å². The van der Waals surface area contributed by atoms with Crippen molar-refractivity contribution in [1.29, 1.82) is 0 Å². The van der Waals surface area contributed by atoms with E-state index in [0.29, 0.717) is 6.92 Å². The molecule has 0 aliphatic carbocycles. The van der Waals surface area contributed by atoms with Gasteiger partial charge < -0.3 is 20.5 Å². The molecule has 0 bridgehead atoms. The predicted molar refractivity (Wildman–Crippen MR) is 120 cm³/mol. The SMILES string of the molecule is CC(F)(F)COc1cnc(C(=O)Nc2ccc(F)c(C34COCC3(F)CSC(N)=N4)c2)cn1.Cl. The van der Waals surface area contributed by atoms with Crippen molar-refractivity contribution in [3.63, 3.8) is 0 Å². The summed E-state index contributed by atoms with van der Waals surface area (Å²) in [5.74, 6) is -4.71. The number of ether oxygens (including phenoxy) is 2. The molecule has 0 spiro atoms. The first-order chi connectivity index (χ1) is 15.5. The van der Waals surface area contributed by atoms with Gasteiger partial charge in [0.1, 0.15) is 11.5 Å². The molecule has 0 radical (unpaired) electrons. The number of nitrogens with two attached hydrogens (primary N) is 1. The number of halogens is 5. The van der Waals surface area contributed by atoms with Gasteiger partial charge in [-0.3, -0.25) is 4.79 Å². The lowest BCUT2D eigenvalue weighted by Gasteiger charge is -2.38. The number of amides is 1. The van der Waals surface area contributed by atoms with E-state index in [1.807, 2.05) is 0 Å². The molecule has 2 unspecified atom stereocenters. The largest absolute Gasteiger partial charge is 0.470 e. The number of alkyl halides is 3. The normalized spacial score (nSPS) is 24.0. The van der Waals surface area contributed by atoms with Crippen molar-refractivity contribution in [3.05, 3.63) is 47.7 Å². The Morgan fingerprint density at radius 3 is 2.76 bits per heavy atom. The molecule has 2 aliphatic heterocycles. The average Bonchev–Trinajstić information content (AvgIpc) is 3.10. The molecule has 1 amide bonds. The highest BCUT2D eigenvalue weighted by atomic mass is 35.5. The predicted octanol–water partition coefficient (Wildman–Crippen LogP) is 3.32. The Bertz CT molecular complexity index is 1100. The van der Waals surface area contributed by atoms with Gasteiger partial charge in [0, 0.05) is 23.9 Å². The van der Waals surface area contributed by atoms with E-state index in [1.54, 1.807) is 0 Å². The van der Waals surface area contributed by atoms with E-state index in [2.05, 4.69) is 20.3 Å². The van der Waals surface area contributed by atoms with E-state index in [-0.39, 0.29) is 59.4 Å². The van der Waals surface area contributed by atoms with Gasteiger partial charge in [-0.05, 0) is 18.2 Å². The zero-order valence-electron chi connectivity index (χ0n) is 17.7. The number of nitrogens with one attached hydrogen (secondary N) is 1. The molecule has 14 heteroatoms. The van der Waals surface area contributed by atoms with Crippen LogP contribution in [0.3, 0.4) is 0 Å². The number of nitrogens with zero attached hydrogens (tertiary/aromatic N) is 3. The van der Waals surface area contributed by atoms with Crippen LogP contribution in [0, 0.1) is 5.82 Å². The highest BCUT2D eigenvalue weighted by Gasteiger charge is 2.61. The Kier molecular flexibility index (Phi) is 7.29. The lowest BCUT2D eigenvalue weighted by Crippen LogP contribution is -2.52. The molecule has 3 N–H and O–H groups in total.